The van der Waals surface area contributed by atoms with E-state index in [1.807, 2.05) is 0 Å². The van der Waals surface area contributed by atoms with E-state index in [4.69, 9.17) is 5.11 Å². The average molecular weight is 213 g/mol. The lowest BCUT2D eigenvalue weighted by atomic mass is 10.3. The highest BCUT2D eigenvalue weighted by molar-refractivity contribution is 4.72. The van der Waals surface area contributed by atoms with E-state index in [9.17, 15) is 22.8 Å². The number of aromatic nitrogens is 3. The zero-order valence-corrected chi connectivity index (χ0v) is 6.63. The molecule has 0 radical (unpaired) electrons. The van der Waals surface area contributed by atoms with E-state index in [-0.39, 0.29) is 4.57 Å². The van der Waals surface area contributed by atoms with Crippen molar-refractivity contribution in [1.82, 2.24) is 14.8 Å². The monoisotopic (exact) mass is 213 g/mol. The second-order valence-electron chi connectivity index (χ2n) is 2.53. The highest BCUT2D eigenvalue weighted by Gasteiger charge is 2.38. The lowest BCUT2D eigenvalue weighted by molar-refractivity contribution is -0.207. The molecule has 0 amide bonds. The summed E-state index contributed by atoms with van der Waals surface area (Å²) in [4.78, 5) is 21.4. The molecule has 0 spiro atoms. The van der Waals surface area contributed by atoms with Gasteiger partial charge in [0.15, 0.2) is 6.10 Å². The number of nitrogens with one attached hydrogen (secondary N) is 2. The van der Waals surface area contributed by atoms with Gasteiger partial charge in [-0.15, -0.1) is 0 Å². The molecule has 3 N–H and O–H groups in total. The van der Waals surface area contributed by atoms with E-state index in [0.717, 1.165) is 0 Å². The third-order valence-electron chi connectivity index (χ3n) is 1.50. The second-order valence-corrected chi connectivity index (χ2v) is 2.53. The average Bonchev–Trinajstić information content (AvgIpc) is 2.34. The Morgan fingerprint density at radius 2 is 1.71 bits per heavy atom. The highest BCUT2D eigenvalue weighted by Crippen LogP contribution is 2.20. The molecule has 0 aliphatic heterocycles. The Morgan fingerprint density at radius 1 is 1.29 bits per heavy atom. The second kappa shape index (κ2) is 3.33. The Balaban J connectivity index is 2.90. The van der Waals surface area contributed by atoms with Crippen LogP contribution < -0.4 is 11.4 Å². The van der Waals surface area contributed by atoms with Crippen molar-refractivity contribution in [1.29, 1.82) is 0 Å². The summed E-state index contributed by atoms with van der Waals surface area (Å²) in [5, 5.41) is 12.1. The van der Waals surface area contributed by atoms with Crippen LogP contribution in [0.2, 0.25) is 0 Å². The third kappa shape index (κ3) is 2.05. The number of rotatable bonds is 2. The van der Waals surface area contributed by atoms with Gasteiger partial charge in [-0.25, -0.2) is 24.4 Å². The minimum Gasteiger partial charge on any atom is -0.382 e. The molecule has 6 nitrogen and oxygen atoms in total. The minimum atomic E-state index is -4.86. The normalized spacial score (nSPS) is 14.3. The number of hydrogen-bond donors (Lipinski definition) is 3. The molecule has 1 atom stereocenters. The molecule has 0 bridgehead atoms. The van der Waals surface area contributed by atoms with Gasteiger partial charge >= 0.3 is 17.6 Å². The third-order valence-corrected chi connectivity index (χ3v) is 1.50. The van der Waals surface area contributed by atoms with Crippen LogP contribution in [0.25, 0.3) is 0 Å². The zero-order valence-electron chi connectivity index (χ0n) is 6.63. The molecule has 0 aliphatic carbocycles. The Hall–Kier alpha value is -1.51. The maximum absolute atomic E-state index is 11.8. The fourth-order valence-corrected chi connectivity index (χ4v) is 0.776. The van der Waals surface area contributed by atoms with Gasteiger partial charge in [0.1, 0.15) is 0 Å². The van der Waals surface area contributed by atoms with E-state index < -0.39 is 30.2 Å². The van der Waals surface area contributed by atoms with E-state index in [0.29, 0.717) is 0 Å². The van der Waals surface area contributed by atoms with Crippen molar-refractivity contribution in [3.63, 3.8) is 0 Å². The van der Waals surface area contributed by atoms with Crippen molar-refractivity contribution in [3.05, 3.63) is 21.0 Å². The number of nitrogens with zero attached hydrogens (tertiary/aromatic N) is 1. The summed E-state index contributed by atoms with van der Waals surface area (Å²) in [6.07, 6.45) is -7.60. The topological polar surface area (TPSA) is 90.9 Å². The Kier molecular flexibility index (Phi) is 2.51. The number of aliphatic hydroxyl groups excluding tert-OH is 1. The van der Waals surface area contributed by atoms with Crippen molar-refractivity contribution in [2.24, 2.45) is 0 Å². The van der Waals surface area contributed by atoms with Crippen molar-refractivity contribution in [3.8, 4) is 0 Å². The fraction of sp³-hybridized carbons (Fsp3) is 0.600. The smallest absolute Gasteiger partial charge is 0.382 e. The van der Waals surface area contributed by atoms with Crippen LogP contribution in [0.4, 0.5) is 13.2 Å². The van der Waals surface area contributed by atoms with Crippen LogP contribution in [0.3, 0.4) is 0 Å². The standard InChI is InChI=1S/C5H6F3N3O3/c6-5(7,8)2(12)1-11-3(13)9-10-4(11)14/h2,12H,1H2,(H,9,13)(H,10,14). The number of H-pyrrole nitrogens is 2. The molecule has 0 fully saturated rings. The van der Waals surface area contributed by atoms with Crippen molar-refractivity contribution < 1.29 is 18.3 Å². The van der Waals surface area contributed by atoms with E-state index >= 15 is 0 Å². The summed E-state index contributed by atoms with van der Waals surface area (Å²) in [6, 6.07) is 0. The van der Waals surface area contributed by atoms with Gasteiger partial charge in [0, 0.05) is 0 Å². The molecule has 0 aliphatic rings. The number of aromatic amines is 2. The van der Waals surface area contributed by atoms with Crippen molar-refractivity contribution in [2.45, 2.75) is 18.8 Å². The summed E-state index contributed by atoms with van der Waals surface area (Å²) >= 11 is 0. The van der Waals surface area contributed by atoms with Crippen LogP contribution in [-0.2, 0) is 6.54 Å². The van der Waals surface area contributed by atoms with Crippen molar-refractivity contribution >= 4 is 0 Å². The van der Waals surface area contributed by atoms with Crippen molar-refractivity contribution in [2.75, 3.05) is 0 Å². The lowest BCUT2D eigenvalue weighted by Gasteiger charge is -2.13. The molecule has 80 valence electrons. The van der Waals surface area contributed by atoms with Gasteiger partial charge in [0.25, 0.3) is 0 Å². The van der Waals surface area contributed by atoms with Crippen LogP contribution >= 0.6 is 0 Å². The zero-order chi connectivity index (χ0) is 10.9. The van der Waals surface area contributed by atoms with E-state index in [2.05, 4.69) is 0 Å². The molecule has 1 heterocycles. The predicted molar refractivity (Wildman–Crippen MR) is 37.7 cm³/mol. The van der Waals surface area contributed by atoms with Gasteiger partial charge in [-0.05, 0) is 0 Å². The van der Waals surface area contributed by atoms with Gasteiger partial charge < -0.3 is 5.11 Å². The number of halogens is 3. The summed E-state index contributed by atoms with van der Waals surface area (Å²) < 4.78 is 35.7. The first-order chi connectivity index (χ1) is 6.32. The summed E-state index contributed by atoms with van der Waals surface area (Å²) in [5.74, 6) is 0. The number of hydrogen-bond acceptors (Lipinski definition) is 3. The highest BCUT2D eigenvalue weighted by atomic mass is 19.4. The maximum atomic E-state index is 11.8. The van der Waals surface area contributed by atoms with Crippen LogP contribution in [0.15, 0.2) is 9.59 Å². The summed E-state index contributed by atoms with van der Waals surface area (Å²) in [5.41, 5.74) is -2.06. The van der Waals surface area contributed by atoms with Gasteiger partial charge in [-0.2, -0.15) is 13.2 Å². The van der Waals surface area contributed by atoms with Crippen LogP contribution in [0, 0.1) is 0 Å². The molecule has 9 heteroatoms. The van der Waals surface area contributed by atoms with E-state index in [1.54, 1.807) is 10.2 Å². The summed E-state index contributed by atoms with van der Waals surface area (Å²) in [6.45, 7) is -1.12. The quantitative estimate of drug-likeness (QED) is 0.575. The molecular weight excluding hydrogens is 207 g/mol. The maximum Gasteiger partial charge on any atom is 0.416 e. The van der Waals surface area contributed by atoms with Gasteiger partial charge in [-0.1, -0.05) is 0 Å². The first-order valence-corrected chi connectivity index (χ1v) is 3.44. The fourth-order valence-electron chi connectivity index (χ4n) is 0.776. The molecule has 0 saturated carbocycles. The predicted octanol–water partition coefficient (Wildman–Crippen LogP) is -1.21. The molecule has 0 saturated heterocycles. The lowest BCUT2D eigenvalue weighted by Crippen LogP contribution is -2.39. The molecule has 0 aromatic carbocycles. The van der Waals surface area contributed by atoms with Crippen LogP contribution in [0.5, 0.6) is 0 Å². The van der Waals surface area contributed by atoms with Gasteiger partial charge in [0.2, 0.25) is 0 Å². The number of aliphatic hydroxyl groups is 1. The Morgan fingerprint density at radius 3 is 2.07 bits per heavy atom. The molecule has 1 aromatic rings. The Labute approximate surface area is 74.0 Å². The largest absolute Gasteiger partial charge is 0.416 e. The first kappa shape index (κ1) is 10.6. The molecule has 14 heavy (non-hydrogen) atoms. The molecule has 1 rings (SSSR count). The Bertz CT molecular complexity index is 387. The SMILES string of the molecule is O=c1[nH][nH]c(=O)n1CC(O)C(F)(F)F. The molecule has 1 unspecified atom stereocenters. The van der Waals surface area contributed by atoms with Gasteiger partial charge in [-0.3, -0.25) is 0 Å². The number of alkyl halides is 3. The molecule has 1 aromatic heterocycles. The van der Waals surface area contributed by atoms with E-state index in [1.165, 1.54) is 0 Å². The van der Waals surface area contributed by atoms with Crippen LogP contribution in [-0.4, -0.2) is 32.2 Å². The molecular formula is C5H6F3N3O3. The first-order valence-electron chi connectivity index (χ1n) is 3.44. The summed E-state index contributed by atoms with van der Waals surface area (Å²) in [7, 11) is 0. The van der Waals surface area contributed by atoms with Gasteiger partial charge in [0.05, 0.1) is 6.54 Å². The van der Waals surface area contributed by atoms with Crippen LogP contribution in [0.1, 0.15) is 0 Å². The minimum absolute atomic E-state index is 0.220.